The molecule has 1 heterocycles. The number of rotatable bonds is 12. The van der Waals surface area contributed by atoms with Crippen LogP contribution in [0.1, 0.15) is 41.8 Å². The highest BCUT2D eigenvalue weighted by Gasteiger charge is 2.11. The number of aromatic nitrogens is 2. The molecule has 0 radical (unpaired) electrons. The Bertz CT molecular complexity index is 1250. The topological polar surface area (TPSA) is 56.1 Å². The van der Waals surface area contributed by atoms with Crippen LogP contribution in [0.4, 0.5) is 0 Å². The first-order chi connectivity index (χ1) is 17.1. The number of hydrogen-bond acceptors (Lipinski definition) is 3. The minimum absolute atomic E-state index is 0.0834. The van der Waals surface area contributed by atoms with Gasteiger partial charge in [0.2, 0.25) is 5.91 Å². The molecule has 0 aliphatic heterocycles. The SMILES string of the molecule is Cc1cccc(OCCCCn2c(CCNC(=O)CCc3ccccc3)nc3ccccc32)c1C. The average Bonchev–Trinajstić information content (AvgIpc) is 3.23. The fraction of sp³-hybridized carbons (Fsp3) is 0.333. The molecule has 3 aromatic carbocycles. The number of nitrogens with zero attached hydrogens (tertiary/aromatic N) is 2. The van der Waals surface area contributed by atoms with Gasteiger partial charge in [-0.15, -0.1) is 0 Å². The van der Waals surface area contributed by atoms with Gasteiger partial charge in [0.1, 0.15) is 11.6 Å². The van der Waals surface area contributed by atoms with Gasteiger partial charge in [-0.2, -0.15) is 0 Å². The summed E-state index contributed by atoms with van der Waals surface area (Å²) in [6.45, 7) is 6.39. The summed E-state index contributed by atoms with van der Waals surface area (Å²) in [6.07, 6.45) is 3.94. The summed E-state index contributed by atoms with van der Waals surface area (Å²) in [5, 5.41) is 3.07. The first-order valence-corrected chi connectivity index (χ1v) is 12.6. The van der Waals surface area contributed by atoms with Gasteiger partial charge in [0.15, 0.2) is 0 Å². The van der Waals surface area contributed by atoms with Gasteiger partial charge < -0.3 is 14.6 Å². The van der Waals surface area contributed by atoms with Crippen LogP contribution < -0.4 is 10.1 Å². The van der Waals surface area contributed by atoms with E-state index in [1.165, 1.54) is 16.7 Å². The van der Waals surface area contributed by atoms with Gasteiger partial charge in [0, 0.05) is 25.9 Å². The number of para-hydroxylation sites is 2. The number of unbranched alkanes of at least 4 members (excludes halogenated alkanes) is 1. The number of carbonyl (C=O) groups is 1. The Morgan fingerprint density at radius 1 is 0.914 bits per heavy atom. The lowest BCUT2D eigenvalue weighted by Gasteiger charge is -2.12. The average molecular weight is 470 g/mol. The lowest BCUT2D eigenvalue weighted by Crippen LogP contribution is -2.26. The molecule has 0 aliphatic carbocycles. The number of imidazole rings is 1. The predicted octanol–water partition coefficient (Wildman–Crippen LogP) is 5.80. The summed E-state index contributed by atoms with van der Waals surface area (Å²) in [4.78, 5) is 17.2. The molecule has 0 aliphatic rings. The monoisotopic (exact) mass is 469 g/mol. The molecule has 0 saturated carbocycles. The number of amides is 1. The molecular weight excluding hydrogens is 434 g/mol. The zero-order chi connectivity index (χ0) is 24.5. The normalized spacial score (nSPS) is 11.0. The molecule has 1 amide bonds. The van der Waals surface area contributed by atoms with E-state index in [1.54, 1.807) is 0 Å². The number of aryl methyl sites for hydroxylation is 3. The second-order valence-electron chi connectivity index (χ2n) is 9.01. The molecule has 0 atom stereocenters. The van der Waals surface area contributed by atoms with Crippen LogP contribution in [0.15, 0.2) is 72.8 Å². The molecule has 35 heavy (non-hydrogen) atoms. The molecular formula is C30H35N3O2. The van der Waals surface area contributed by atoms with Crippen LogP contribution in [0.5, 0.6) is 5.75 Å². The maximum atomic E-state index is 12.3. The van der Waals surface area contributed by atoms with Gasteiger partial charge >= 0.3 is 0 Å². The van der Waals surface area contributed by atoms with E-state index in [0.717, 1.165) is 48.4 Å². The molecule has 1 N–H and O–H groups in total. The smallest absolute Gasteiger partial charge is 0.220 e. The van der Waals surface area contributed by atoms with E-state index in [2.05, 4.69) is 60.1 Å². The third kappa shape index (κ3) is 6.72. The van der Waals surface area contributed by atoms with E-state index < -0.39 is 0 Å². The molecule has 5 nitrogen and oxygen atoms in total. The van der Waals surface area contributed by atoms with E-state index in [4.69, 9.17) is 9.72 Å². The van der Waals surface area contributed by atoms with Gasteiger partial charge in [-0.05, 0) is 68.0 Å². The molecule has 0 bridgehead atoms. The van der Waals surface area contributed by atoms with E-state index in [1.807, 2.05) is 36.4 Å². The van der Waals surface area contributed by atoms with Crippen molar-refractivity contribution in [2.45, 2.75) is 52.5 Å². The van der Waals surface area contributed by atoms with Crippen LogP contribution in [0.25, 0.3) is 11.0 Å². The second-order valence-corrected chi connectivity index (χ2v) is 9.01. The van der Waals surface area contributed by atoms with Crippen molar-refractivity contribution in [3.05, 3.63) is 95.3 Å². The molecule has 1 aromatic heterocycles. The summed E-state index contributed by atoms with van der Waals surface area (Å²) < 4.78 is 8.32. The number of hydrogen-bond donors (Lipinski definition) is 1. The Kier molecular flexibility index (Phi) is 8.55. The summed E-state index contributed by atoms with van der Waals surface area (Å²) in [5.74, 6) is 2.08. The first kappa shape index (κ1) is 24.5. The highest BCUT2D eigenvalue weighted by Crippen LogP contribution is 2.21. The van der Waals surface area contributed by atoms with Crippen molar-refractivity contribution in [2.75, 3.05) is 13.2 Å². The molecule has 0 fully saturated rings. The van der Waals surface area contributed by atoms with E-state index in [0.29, 0.717) is 26.0 Å². The van der Waals surface area contributed by atoms with Crippen molar-refractivity contribution in [3.8, 4) is 5.75 Å². The summed E-state index contributed by atoms with van der Waals surface area (Å²) in [7, 11) is 0. The molecule has 4 rings (SSSR count). The molecule has 5 heteroatoms. The van der Waals surface area contributed by atoms with Gasteiger partial charge in [0.05, 0.1) is 17.6 Å². The lowest BCUT2D eigenvalue weighted by molar-refractivity contribution is -0.121. The van der Waals surface area contributed by atoms with E-state index in [-0.39, 0.29) is 5.91 Å². The molecule has 0 unspecified atom stereocenters. The highest BCUT2D eigenvalue weighted by molar-refractivity contribution is 5.77. The van der Waals surface area contributed by atoms with Gasteiger partial charge in [0.25, 0.3) is 0 Å². The zero-order valence-corrected chi connectivity index (χ0v) is 20.8. The standard InChI is InChI=1S/C30H35N3O2/c1-23-11-10-16-28(24(23)2)35-22-9-8-21-33-27-15-7-6-14-26(27)32-29(33)19-20-31-30(34)18-17-25-12-4-3-5-13-25/h3-7,10-16H,8-9,17-22H2,1-2H3,(H,31,34). The van der Waals surface area contributed by atoms with Crippen LogP contribution in [-0.4, -0.2) is 28.6 Å². The Balaban J connectivity index is 1.28. The second kappa shape index (κ2) is 12.2. The third-order valence-electron chi connectivity index (χ3n) is 6.48. The molecule has 0 spiro atoms. The molecule has 0 saturated heterocycles. The lowest BCUT2D eigenvalue weighted by atomic mass is 10.1. The van der Waals surface area contributed by atoms with Crippen molar-refractivity contribution in [1.29, 1.82) is 0 Å². The molecule has 182 valence electrons. The predicted molar refractivity (Wildman–Crippen MR) is 142 cm³/mol. The van der Waals surface area contributed by atoms with Gasteiger partial charge in [-0.3, -0.25) is 4.79 Å². The van der Waals surface area contributed by atoms with Crippen LogP contribution >= 0.6 is 0 Å². The van der Waals surface area contributed by atoms with Gasteiger partial charge in [-0.25, -0.2) is 4.98 Å². The minimum Gasteiger partial charge on any atom is -0.493 e. The fourth-order valence-corrected chi connectivity index (χ4v) is 4.31. The first-order valence-electron chi connectivity index (χ1n) is 12.6. The van der Waals surface area contributed by atoms with Crippen LogP contribution in [0, 0.1) is 13.8 Å². The summed E-state index contributed by atoms with van der Waals surface area (Å²) >= 11 is 0. The van der Waals surface area contributed by atoms with Crippen molar-refractivity contribution in [2.24, 2.45) is 0 Å². The summed E-state index contributed by atoms with van der Waals surface area (Å²) in [6, 6.07) is 24.6. The zero-order valence-electron chi connectivity index (χ0n) is 20.8. The minimum atomic E-state index is 0.0834. The van der Waals surface area contributed by atoms with E-state index >= 15 is 0 Å². The van der Waals surface area contributed by atoms with Crippen molar-refractivity contribution < 1.29 is 9.53 Å². The van der Waals surface area contributed by atoms with E-state index in [9.17, 15) is 4.79 Å². The largest absolute Gasteiger partial charge is 0.493 e. The Labute approximate surface area is 208 Å². The van der Waals surface area contributed by atoms with Crippen LogP contribution in [0.3, 0.4) is 0 Å². The highest BCUT2D eigenvalue weighted by atomic mass is 16.5. The summed E-state index contributed by atoms with van der Waals surface area (Å²) in [5.41, 5.74) is 5.80. The Morgan fingerprint density at radius 3 is 2.57 bits per heavy atom. The Morgan fingerprint density at radius 2 is 1.71 bits per heavy atom. The molecule has 4 aromatic rings. The van der Waals surface area contributed by atoms with Gasteiger partial charge in [-0.1, -0.05) is 54.6 Å². The fourth-order valence-electron chi connectivity index (χ4n) is 4.31. The van der Waals surface area contributed by atoms with Crippen LogP contribution in [-0.2, 0) is 24.2 Å². The Hall–Kier alpha value is -3.60. The number of fused-ring (bicyclic) bond motifs is 1. The third-order valence-corrected chi connectivity index (χ3v) is 6.48. The maximum Gasteiger partial charge on any atom is 0.220 e. The number of nitrogens with one attached hydrogen (secondary N) is 1. The van der Waals surface area contributed by atoms with Crippen molar-refractivity contribution in [3.63, 3.8) is 0 Å². The number of ether oxygens (including phenoxy) is 1. The van der Waals surface area contributed by atoms with Crippen LogP contribution in [0.2, 0.25) is 0 Å². The number of benzene rings is 3. The quantitative estimate of drug-likeness (QED) is 0.267. The maximum absolute atomic E-state index is 12.3. The van der Waals surface area contributed by atoms with Crippen molar-refractivity contribution >= 4 is 16.9 Å². The van der Waals surface area contributed by atoms with Crippen molar-refractivity contribution in [1.82, 2.24) is 14.9 Å². The number of carbonyl (C=O) groups excluding carboxylic acids is 1.